The third kappa shape index (κ3) is 4.51. The lowest BCUT2D eigenvalue weighted by Crippen LogP contribution is -2.37. The summed E-state index contributed by atoms with van der Waals surface area (Å²) in [6.07, 6.45) is 0. The summed E-state index contributed by atoms with van der Waals surface area (Å²) in [5.41, 5.74) is 8.50. The number of hydrazine groups is 1. The fraction of sp³-hybridized carbons (Fsp3) is 0.167. The van der Waals surface area contributed by atoms with Crippen LogP contribution in [0.3, 0.4) is 0 Å². The van der Waals surface area contributed by atoms with Crippen LogP contribution in [0.1, 0.15) is 23.0 Å². The van der Waals surface area contributed by atoms with Crippen LogP contribution in [0.25, 0.3) is 22.0 Å². The first-order valence-corrected chi connectivity index (χ1v) is 10.1. The van der Waals surface area contributed by atoms with Gasteiger partial charge in [-0.1, -0.05) is 42.5 Å². The van der Waals surface area contributed by atoms with Gasteiger partial charge in [0.2, 0.25) is 0 Å². The molecule has 158 valence electrons. The minimum atomic E-state index is -0.302. The number of aromatic amines is 1. The van der Waals surface area contributed by atoms with Crippen molar-refractivity contribution < 1.29 is 14.3 Å². The summed E-state index contributed by atoms with van der Waals surface area (Å²) in [6.45, 7) is 3.06. The number of carbonyl (C=O) groups is 1. The van der Waals surface area contributed by atoms with Gasteiger partial charge in [-0.2, -0.15) is 5.10 Å². The number of nitrogens with one attached hydrogen (secondary N) is 3. The van der Waals surface area contributed by atoms with Crippen LogP contribution in [0, 0.1) is 0 Å². The van der Waals surface area contributed by atoms with E-state index in [9.17, 15) is 4.79 Å². The van der Waals surface area contributed by atoms with E-state index in [0.717, 1.165) is 27.6 Å². The molecular weight excluding hydrogens is 392 g/mol. The van der Waals surface area contributed by atoms with Gasteiger partial charge in [-0.15, -0.1) is 0 Å². The summed E-state index contributed by atoms with van der Waals surface area (Å²) in [5, 5.41) is 9.25. The molecule has 0 saturated carbocycles. The van der Waals surface area contributed by atoms with Crippen LogP contribution < -0.4 is 20.3 Å². The molecule has 3 aromatic carbocycles. The van der Waals surface area contributed by atoms with Gasteiger partial charge in [0.05, 0.1) is 25.0 Å². The fourth-order valence-corrected chi connectivity index (χ4v) is 3.42. The minimum absolute atomic E-state index is 0.302. The number of methoxy groups -OCH3 is 1. The molecule has 1 heterocycles. The first-order chi connectivity index (χ1) is 15.2. The lowest BCUT2D eigenvalue weighted by molar-refractivity contribution is 0.0927. The van der Waals surface area contributed by atoms with E-state index in [0.29, 0.717) is 30.3 Å². The molecule has 0 aliphatic heterocycles. The van der Waals surface area contributed by atoms with Crippen molar-refractivity contribution in [3.8, 4) is 22.8 Å². The molecule has 0 atom stereocenters. The van der Waals surface area contributed by atoms with Crippen molar-refractivity contribution in [2.24, 2.45) is 0 Å². The Kier molecular flexibility index (Phi) is 6.14. The molecule has 3 N–H and O–H groups in total. The van der Waals surface area contributed by atoms with Crippen LogP contribution in [-0.4, -0.2) is 29.8 Å². The van der Waals surface area contributed by atoms with Gasteiger partial charge in [0.25, 0.3) is 5.91 Å². The molecule has 1 amide bonds. The van der Waals surface area contributed by atoms with Crippen molar-refractivity contribution in [1.82, 2.24) is 21.0 Å². The van der Waals surface area contributed by atoms with Gasteiger partial charge in [-0.25, -0.2) is 5.43 Å². The third-order valence-electron chi connectivity index (χ3n) is 4.92. The van der Waals surface area contributed by atoms with E-state index in [1.54, 1.807) is 13.2 Å². The van der Waals surface area contributed by atoms with E-state index in [4.69, 9.17) is 9.47 Å². The van der Waals surface area contributed by atoms with Crippen molar-refractivity contribution in [2.45, 2.75) is 13.5 Å². The second kappa shape index (κ2) is 9.32. The molecule has 4 rings (SSSR count). The fourth-order valence-electron chi connectivity index (χ4n) is 3.42. The summed E-state index contributed by atoms with van der Waals surface area (Å²) in [7, 11) is 1.62. The molecule has 0 bridgehead atoms. The van der Waals surface area contributed by atoms with Crippen molar-refractivity contribution in [2.75, 3.05) is 13.7 Å². The van der Waals surface area contributed by atoms with Crippen LogP contribution in [-0.2, 0) is 6.54 Å². The first kappa shape index (κ1) is 20.4. The standard InChI is InChI=1S/C24H24N4O3/c1-3-31-18-11-8-16(9-12-18)15-25-28-24(29)21-14-20(26-27-21)23-19-7-5-4-6-17(19)10-13-22(23)30-2/h4-14,25H,3,15H2,1-2H3,(H,26,27)(H,28,29). The Bertz CT molecular complexity index is 1190. The first-order valence-electron chi connectivity index (χ1n) is 10.1. The molecule has 0 spiro atoms. The van der Waals surface area contributed by atoms with Gasteiger partial charge in [-0.3, -0.25) is 15.3 Å². The lowest BCUT2D eigenvalue weighted by Gasteiger charge is -2.10. The Morgan fingerprint density at radius 2 is 1.87 bits per heavy atom. The SMILES string of the molecule is CCOc1ccc(CNNC(=O)c2cc(-c3c(OC)ccc4ccccc34)n[nH]2)cc1. The van der Waals surface area contributed by atoms with Crippen LogP contribution in [0.15, 0.2) is 66.7 Å². The average molecular weight is 416 g/mol. The van der Waals surface area contributed by atoms with Crippen molar-refractivity contribution in [3.63, 3.8) is 0 Å². The Hall–Kier alpha value is -3.84. The quantitative estimate of drug-likeness (QED) is 0.377. The molecule has 7 nitrogen and oxygen atoms in total. The highest BCUT2D eigenvalue weighted by molar-refractivity contribution is 6.00. The second-order valence-electron chi connectivity index (χ2n) is 6.92. The average Bonchev–Trinajstić information content (AvgIpc) is 3.29. The van der Waals surface area contributed by atoms with Gasteiger partial charge >= 0.3 is 0 Å². The smallest absolute Gasteiger partial charge is 0.283 e. The van der Waals surface area contributed by atoms with Crippen molar-refractivity contribution >= 4 is 16.7 Å². The number of hydrogen-bond donors (Lipinski definition) is 3. The van der Waals surface area contributed by atoms with Gasteiger partial charge in [0.15, 0.2) is 0 Å². The Labute approximate surface area is 180 Å². The van der Waals surface area contributed by atoms with E-state index in [2.05, 4.69) is 21.0 Å². The maximum absolute atomic E-state index is 12.5. The molecule has 0 aliphatic carbocycles. The molecule has 7 heteroatoms. The largest absolute Gasteiger partial charge is 0.496 e. The van der Waals surface area contributed by atoms with Crippen LogP contribution in [0.2, 0.25) is 0 Å². The van der Waals surface area contributed by atoms with Crippen LogP contribution in [0.4, 0.5) is 0 Å². The van der Waals surface area contributed by atoms with Crippen LogP contribution >= 0.6 is 0 Å². The minimum Gasteiger partial charge on any atom is -0.496 e. The van der Waals surface area contributed by atoms with E-state index >= 15 is 0 Å². The molecule has 31 heavy (non-hydrogen) atoms. The van der Waals surface area contributed by atoms with E-state index < -0.39 is 0 Å². The number of rotatable bonds is 8. The monoisotopic (exact) mass is 416 g/mol. The third-order valence-corrected chi connectivity index (χ3v) is 4.92. The number of amides is 1. The highest BCUT2D eigenvalue weighted by Crippen LogP contribution is 2.36. The van der Waals surface area contributed by atoms with Crippen molar-refractivity contribution in [3.05, 3.63) is 78.0 Å². The zero-order chi connectivity index (χ0) is 21.6. The number of carbonyl (C=O) groups excluding carboxylic acids is 1. The maximum atomic E-state index is 12.5. The summed E-state index contributed by atoms with van der Waals surface area (Å²) in [4.78, 5) is 12.5. The highest BCUT2D eigenvalue weighted by atomic mass is 16.5. The number of aromatic nitrogens is 2. The molecule has 0 unspecified atom stereocenters. The van der Waals surface area contributed by atoms with Crippen LogP contribution in [0.5, 0.6) is 11.5 Å². The molecule has 0 radical (unpaired) electrons. The Balaban J connectivity index is 1.45. The summed E-state index contributed by atoms with van der Waals surface area (Å²) >= 11 is 0. The van der Waals surface area contributed by atoms with Crippen molar-refractivity contribution in [1.29, 1.82) is 0 Å². The van der Waals surface area contributed by atoms with E-state index in [-0.39, 0.29) is 5.91 Å². The van der Waals surface area contributed by atoms with E-state index in [1.807, 2.05) is 67.6 Å². The number of hydrogen-bond acceptors (Lipinski definition) is 5. The second-order valence-corrected chi connectivity index (χ2v) is 6.92. The predicted octanol–water partition coefficient (Wildman–Crippen LogP) is 4.07. The molecule has 4 aromatic rings. The van der Waals surface area contributed by atoms with Gasteiger partial charge in [0.1, 0.15) is 17.2 Å². The molecule has 1 aromatic heterocycles. The number of ether oxygens (including phenoxy) is 2. The Morgan fingerprint density at radius 1 is 1.06 bits per heavy atom. The summed E-state index contributed by atoms with van der Waals surface area (Å²) in [5.74, 6) is 1.22. The summed E-state index contributed by atoms with van der Waals surface area (Å²) < 4.78 is 11.0. The number of benzene rings is 3. The predicted molar refractivity (Wildman–Crippen MR) is 120 cm³/mol. The lowest BCUT2D eigenvalue weighted by atomic mass is 10.0. The topological polar surface area (TPSA) is 88.3 Å². The summed E-state index contributed by atoms with van der Waals surface area (Å²) in [6, 6.07) is 21.3. The maximum Gasteiger partial charge on any atom is 0.283 e. The zero-order valence-electron chi connectivity index (χ0n) is 17.4. The molecule has 0 aliphatic rings. The molecular formula is C24H24N4O3. The number of nitrogens with zero attached hydrogens (tertiary/aromatic N) is 1. The zero-order valence-corrected chi connectivity index (χ0v) is 17.4. The van der Waals surface area contributed by atoms with Gasteiger partial charge < -0.3 is 9.47 Å². The van der Waals surface area contributed by atoms with E-state index in [1.165, 1.54) is 0 Å². The number of H-pyrrole nitrogens is 1. The van der Waals surface area contributed by atoms with Gasteiger partial charge in [-0.05, 0) is 47.5 Å². The molecule has 0 fully saturated rings. The number of fused-ring (bicyclic) bond motifs is 1. The highest BCUT2D eigenvalue weighted by Gasteiger charge is 2.16. The normalized spacial score (nSPS) is 10.8. The molecule has 0 saturated heterocycles. The Morgan fingerprint density at radius 3 is 2.65 bits per heavy atom. The van der Waals surface area contributed by atoms with Gasteiger partial charge in [0, 0.05) is 6.54 Å².